The van der Waals surface area contributed by atoms with E-state index in [0.29, 0.717) is 6.42 Å². The van der Waals surface area contributed by atoms with Gasteiger partial charge in [0.05, 0.1) is 18.7 Å². The van der Waals surface area contributed by atoms with Crippen LogP contribution >= 0.6 is 0 Å². The van der Waals surface area contributed by atoms with Crippen LogP contribution in [0.5, 0.6) is 0 Å². The first kappa shape index (κ1) is 20.3. The van der Waals surface area contributed by atoms with Crippen LogP contribution in [0.15, 0.2) is 53.1 Å². The minimum atomic E-state index is -0.0143. The molecule has 1 N–H and O–H groups in total. The third-order valence-corrected chi connectivity index (χ3v) is 6.79. The highest BCUT2D eigenvalue weighted by atomic mass is 16.3. The van der Waals surface area contributed by atoms with E-state index in [1.807, 2.05) is 18.2 Å². The smallest absolute Gasteiger partial charge is 0.225 e. The maximum Gasteiger partial charge on any atom is 0.225 e. The molecule has 2 aromatic carbocycles. The van der Waals surface area contributed by atoms with E-state index in [1.165, 1.54) is 17.5 Å². The molecule has 0 radical (unpaired) electrons. The van der Waals surface area contributed by atoms with E-state index in [-0.39, 0.29) is 11.9 Å². The van der Waals surface area contributed by atoms with E-state index in [0.717, 1.165) is 67.7 Å². The first-order chi connectivity index (χ1) is 15.2. The van der Waals surface area contributed by atoms with Crippen LogP contribution in [-0.2, 0) is 24.1 Å². The zero-order chi connectivity index (χ0) is 21.2. The number of nitrogens with one attached hydrogen (secondary N) is 1. The number of amides is 1. The lowest BCUT2D eigenvalue weighted by atomic mass is 10.0. The molecule has 0 spiro atoms. The zero-order valence-electron chi connectivity index (χ0n) is 18.3. The normalized spacial score (nSPS) is 18.2. The lowest BCUT2D eigenvalue weighted by Crippen LogP contribution is -2.48. The van der Waals surface area contributed by atoms with Crippen molar-refractivity contribution in [2.75, 3.05) is 39.8 Å². The van der Waals surface area contributed by atoms with Crippen molar-refractivity contribution in [3.05, 3.63) is 71.0 Å². The van der Waals surface area contributed by atoms with Crippen LogP contribution in [0.2, 0.25) is 0 Å². The van der Waals surface area contributed by atoms with Gasteiger partial charge in [-0.2, -0.15) is 0 Å². The Kier molecular flexibility index (Phi) is 5.79. The molecule has 2 aliphatic rings. The number of fused-ring (bicyclic) bond motifs is 2. The van der Waals surface area contributed by atoms with E-state index in [9.17, 15) is 4.79 Å². The van der Waals surface area contributed by atoms with E-state index < -0.39 is 0 Å². The van der Waals surface area contributed by atoms with Gasteiger partial charge in [-0.3, -0.25) is 9.69 Å². The molecule has 5 nitrogen and oxygen atoms in total. The average Bonchev–Trinajstić information content (AvgIpc) is 3.40. The summed E-state index contributed by atoms with van der Waals surface area (Å²) in [6.45, 7) is 5.05. The number of aryl methyl sites for hydroxylation is 2. The molecule has 1 aromatic heterocycles. The Balaban J connectivity index is 1.31. The van der Waals surface area contributed by atoms with Gasteiger partial charge in [0.1, 0.15) is 5.58 Å². The summed E-state index contributed by atoms with van der Waals surface area (Å²) in [5.74, 6) is 0.0474. The molecular weight excluding hydrogens is 386 g/mol. The zero-order valence-corrected chi connectivity index (χ0v) is 18.3. The number of hydrogen-bond acceptors (Lipinski definition) is 4. The molecule has 5 heteroatoms. The van der Waals surface area contributed by atoms with Crippen molar-refractivity contribution >= 4 is 16.9 Å². The van der Waals surface area contributed by atoms with Gasteiger partial charge in [-0.05, 0) is 55.1 Å². The van der Waals surface area contributed by atoms with Crippen molar-refractivity contribution in [2.45, 2.75) is 31.7 Å². The highest BCUT2D eigenvalue weighted by molar-refractivity contribution is 5.88. The van der Waals surface area contributed by atoms with E-state index in [1.54, 1.807) is 6.26 Å². The predicted octanol–water partition coefficient (Wildman–Crippen LogP) is 3.57. The van der Waals surface area contributed by atoms with Crippen LogP contribution in [0.3, 0.4) is 0 Å². The number of hydrogen-bond donors (Lipinski definition) is 1. The molecule has 1 atom stereocenters. The van der Waals surface area contributed by atoms with Gasteiger partial charge in [0.2, 0.25) is 5.91 Å². The number of carbonyl (C=O) groups excluding carboxylic acids is 1. The Morgan fingerprint density at radius 2 is 1.81 bits per heavy atom. The highest BCUT2D eigenvalue weighted by Crippen LogP contribution is 2.30. The number of rotatable bonds is 6. The maximum absolute atomic E-state index is 13.1. The molecule has 1 fully saturated rings. The molecule has 1 saturated heterocycles. The number of furan rings is 1. The molecule has 5 rings (SSSR count). The molecular formula is C26H31N3O2. The summed E-state index contributed by atoms with van der Waals surface area (Å²) < 4.78 is 5.80. The summed E-state index contributed by atoms with van der Waals surface area (Å²) in [5.41, 5.74) is 5.85. The molecule has 1 aliphatic heterocycles. The van der Waals surface area contributed by atoms with Crippen molar-refractivity contribution in [1.82, 2.24) is 15.1 Å². The summed E-state index contributed by atoms with van der Waals surface area (Å²) in [6.07, 6.45) is 5.58. The summed E-state index contributed by atoms with van der Waals surface area (Å²) in [4.78, 5) is 17.9. The second kappa shape index (κ2) is 8.85. The highest BCUT2D eigenvalue weighted by Gasteiger charge is 2.22. The van der Waals surface area contributed by atoms with E-state index in [4.69, 9.17) is 4.42 Å². The molecule has 1 amide bonds. The predicted molar refractivity (Wildman–Crippen MR) is 123 cm³/mol. The van der Waals surface area contributed by atoms with Gasteiger partial charge in [0.25, 0.3) is 0 Å². The fourth-order valence-electron chi connectivity index (χ4n) is 4.91. The van der Waals surface area contributed by atoms with Gasteiger partial charge in [-0.1, -0.05) is 30.3 Å². The molecule has 2 heterocycles. The van der Waals surface area contributed by atoms with Gasteiger partial charge in [-0.25, -0.2) is 0 Å². The van der Waals surface area contributed by atoms with Crippen LogP contribution < -0.4 is 5.32 Å². The number of benzene rings is 2. The fourth-order valence-corrected chi connectivity index (χ4v) is 4.91. The number of nitrogens with zero attached hydrogens (tertiary/aromatic N) is 2. The van der Waals surface area contributed by atoms with Crippen LogP contribution in [0.4, 0.5) is 0 Å². The summed E-state index contributed by atoms with van der Waals surface area (Å²) in [5, 5.41) is 4.40. The molecule has 3 aromatic rings. The third-order valence-electron chi connectivity index (χ3n) is 6.79. The van der Waals surface area contributed by atoms with Gasteiger partial charge in [0, 0.05) is 43.7 Å². The van der Waals surface area contributed by atoms with Gasteiger partial charge in [0.15, 0.2) is 0 Å². The van der Waals surface area contributed by atoms with E-state index in [2.05, 4.69) is 46.4 Å². The lowest BCUT2D eigenvalue weighted by molar-refractivity contribution is -0.121. The van der Waals surface area contributed by atoms with Crippen LogP contribution in [-0.4, -0.2) is 55.5 Å². The molecule has 0 bridgehead atoms. The second-order valence-electron chi connectivity index (χ2n) is 9.04. The van der Waals surface area contributed by atoms with Gasteiger partial charge < -0.3 is 14.6 Å². The van der Waals surface area contributed by atoms with Crippen molar-refractivity contribution in [3.63, 3.8) is 0 Å². The van der Waals surface area contributed by atoms with Crippen molar-refractivity contribution in [2.24, 2.45) is 0 Å². The van der Waals surface area contributed by atoms with Crippen LogP contribution in [0, 0.1) is 0 Å². The fraction of sp³-hybridized carbons (Fsp3) is 0.423. The van der Waals surface area contributed by atoms with E-state index >= 15 is 0 Å². The Bertz CT molecular complexity index is 1050. The molecule has 0 saturated carbocycles. The first-order valence-electron chi connectivity index (χ1n) is 11.4. The Labute approximate surface area is 184 Å². The standard InChI is InChI=1S/C26H31N3O2/c1-28-10-12-29(13-11-28)17-24(19-6-3-2-4-7-19)27-26(30)16-22-18-31-25-15-21-9-5-8-20(21)14-23(22)25/h2-4,6-7,14-15,18,24H,5,8-13,16-17H2,1H3,(H,27,30). The average molecular weight is 418 g/mol. The quantitative estimate of drug-likeness (QED) is 0.666. The maximum atomic E-state index is 13.1. The first-order valence-corrected chi connectivity index (χ1v) is 11.4. The summed E-state index contributed by atoms with van der Waals surface area (Å²) in [6, 6.07) is 14.7. The van der Waals surface area contributed by atoms with Gasteiger partial charge in [-0.15, -0.1) is 0 Å². The number of piperazine rings is 1. The SMILES string of the molecule is CN1CCN(CC(NC(=O)Cc2coc3cc4c(cc23)CCC4)c2ccccc2)CC1. The number of likely N-dealkylation sites (N-methyl/N-ethyl adjacent to an activating group) is 1. The molecule has 1 aliphatic carbocycles. The molecule has 1 unspecified atom stereocenters. The van der Waals surface area contributed by atoms with Crippen LogP contribution in [0.1, 0.15) is 34.7 Å². The molecule has 31 heavy (non-hydrogen) atoms. The van der Waals surface area contributed by atoms with Gasteiger partial charge >= 0.3 is 0 Å². The Morgan fingerprint density at radius 1 is 1.06 bits per heavy atom. The van der Waals surface area contributed by atoms with Crippen molar-refractivity contribution < 1.29 is 9.21 Å². The topological polar surface area (TPSA) is 48.7 Å². The summed E-state index contributed by atoms with van der Waals surface area (Å²) >= 11 is 0. The third kappa shape index (κ3) is 4.53. The molecule has 162 valence electrons. The second-order valence-corrected chi connectivity index (χ2v) is 9.04. The monoisotopic (exact) mass is 417 g/mol. The van der Waals surface area contributed by atoms with Crippen LogP contribution in [0.25, 0.3) is 11.0 Å². The summed E-state index contributed by atoms with van der Waals surface area (Å²) in [7, 11) is 2.17. The Morgan fingerprint density at radius 3 is 2.58 bits per heavy atom. The largest absolute Gasteiger partial charge is 0.464 e. The van der Waals surface area contributed by atoms with Crippen molar-refractivity contribution in [1.29, 1.82) is 0 Å². The van der Waals surface area contributed by atoms with Crippen molar-refractivity contribution in [3.8, 4) is 0 Å². The lowest BCUT2D eigenvalue weighted by Gasteiger charge is -2.35. The minimum absolute atomic E-state index is 0.0143. The Hall–Kier alpha value is -2.63. The minimum Gasteiger partial charge on any atom is -0.464 e. The number of carbonyl (C=O) groups is 1.